The van der Waals surface area contributed by atoms with E-state index in [1.807, 2.05) is 0 Å². The van der Waals surface area contributed by atoms with Crippen LogP contribution in [0.1, 0.15) is 37.5 Å². The van der Waals surface area contributed by atoms with E-state index in [4.69, 9.17) is 14.2 Å². The van der Waals surface area contributed by atoms with Gasteiger partial charge in [0.1, 0.15) is 5.56 Å². The molecule has 2 aromatic carbocycles. The van der Waals surface area contributed by atoms with Crippen LogP contribution >= 0.6 is 11.3 Å². The van der Waals surface area contributed by atoms with Crippen LogP contribution in [-0.4, -0.2) is 36.2 Å². The van der Waals surface area contributed by atoms with Crippen LogP contribution < -0.4 is 19.5 Å². The molecule has 12 heteroatoms. The molecule has 3 rings (SSSR count). The molecule has 0 saturated carbocycles. The molecule has 1 N–H and O–H groups in total. The van der Waals surface area contributed by atoms with Gasteiger partial charge in [0.2, 0.25) is 5.75 Å². The number of thiazole rings is 1. The van der Waals surface area contributed by atoms with Crippen molar-refractivity contribution in [3.8, 4) is 28.5 Å². The molecule has 3 aromatic rings. The van der Waals surface area contributed by atoms with Gasteiger partial charge < -0.3 is 19.5 Å². The first-order chi connectivity index (χ1) is 16.8. The van der Waals surface area contributed by atoms with Crippen LogP contribution in [-0.2, 0) is 5.41 Å². The van der Waals surface area contributed by atoms with Gasteiger partial charge in [0, 0.05) is 45.3 Å². The van der Waals surface area contributed by atoms with E-state index in [-0.39, 0.29) is 16.9 Å². The summed E-state index contributed by atoms with van der Waals surface area (Å²) in [7, 11) is 4.53. The SMILES string of the molecule is COc1cc(Nc2nc(-c3c(C)c([N+](=O)[O-])c(C(C)(C)C)c([N+](=O)[O-])c3C)cs2)cc(OC)c1OC. The molecule has 1 aromatic heterocycles. The summed E-state index contributed by atoms with van der Waals surface area (Å²) in [5.41, 5.74) is 0.799. The molecule has 0 radical (unpaired) electrons. The van der Waals surface area contributed by atoms with Gasteiger partial charge in [-0.1, -0.05) is 20.8 Å². The fraction of sp³-hybridized carbons (Fsp3) is 0.375. The fourth-order valence-electron chi connectivity index (χ4n) is 4.28. The highest BCUT2D eigenvalue weighted by Crippen LogP contribution is 2.48. The molecule has 0 amide bonds. The maximum atomic E-state index is 12.1. The summed E-state index contributed by atoms with van der Waals surface area (Å²) in [6.07, 6.45) is 0. The van der Waals surface area contributed by atoms with E-state index in [9.17, 15) is 20.2 Å². The van der Waals surface area contributed by atoms with Gasteiger partial charge in [-0.15, -0.1) is 11.3 Å². The number of nitrogens with one attached hydrogen (secondary N) is 1. The molecule has 0 aliphatic heterocycles. The van der Waals surface area contributed by atoms with Crippen LogP contribution in [0.25, 0.3) is 11.3 Å². The molecule has 0 fully saturated rings. The number of methoxy groups -OCH3 is 3. The second-order valence-electron chi connectivity index (χ2n) is 9.04. The molecule has 0 bridgehead atoms. The molecule has 0 spiro atoms. The predicted molar refractivity (Wildman–Crippen MR) is 138 cm³/mol. The van der Waals surface area contributed by atoms with Crippen LogP contribution in [0, 0.1) is 34.1 Å². The second kappa shape index (κ2) is 9.97. The summed E-state index contributed by atoms with van der Waals surface area (Å²) in [6.45, 7) is 8.38. The maximum Gasteiger partial charge on any atom is 0.283 e. The average Bonchev–Trinajstić information content (AvgIpc) is 3.24. The van der Waals surface area contributed by atoms with Gasteiger partial charge in [0.25, 0.3) is 11.4 Å². The summed E-state index contributed by atoms with van der Waals surface area (Å²) in [6, 6.07) is 3.43. The Labute approximate surface area is 212 Å². The lowest BCUT2D eigenvalue weighted by atomic mass is 9.80. The van der Waals surface area contributed by atoms with Crippen molar-refractivity contribution in [3.05, 3.63) is 54.4 Å². The predicted octanol–water partition coefficient (Wildman–Crippen LogP) is 6.31. The second-order valence-corrected chi connectivity index (χ2v) is 9.90. The Bertz CT molecular complexity index is 1280. The van der Waals surface area contributed by atoms with Crippen LogP contribution in [0.2, 0.25) is 0 Å². The minimum Gasteiger partial charge on any atom is -0.493 e. The number of anilines is 2. The van der Waals surface area contributed by atoms with Crippen molar-refractivity contribution in [2.24, 2.45) is 0 Å². The van der Waals surface area contributed by atoms with Gasteiger partial charge in [-0.2, -0.15) is 0 Å². The summed E-state index contributed by atoms with van der Waals surface area (Å²) in [4.78, 5) is 27.7. The highest BCUT2D eigenvalue weighted by atomic mass is 32.1. The Balaban J connectivity index is 2.17. The molecular formula is C24H28N4O7S. The standard InChI is InChI=1S/C24H28N4O7S/c1-12-18(13(2)21(28(31)32)19(24(3,4)5)20(12)27(29)30)15-11-36-23(26-15)25-14-9-16(33-6)22(35-8)17(10-14)34-7/h9-11H,1-8H3,(H,25,26). The zero-order chi connectivity index (χ0) is 26.9. The summed E-state index contributed by atoms with van der Waals surface area (Å²) < 4.78 is 16.1. The van der Waals surface area contributed by atoms with E-state index in [0.717, 1.165) is 0 Å². The zero-order valence-electron chi connectivity index (χ0n) is 21.3. The monoisotopic (exact) mass is 516 g/mol. The topological polar surface area (TPSA) is 139 Å². The van der Waals surface area contributed by atoms with E-state index >= 15 is 0 Å². The minimum atomic E-state index is -0.819. The van der Waals surface area contributed by atoms with Crippen molar-refractivity contribution >= 4 is 33.5 Å². The van der Waals surface area contributed by atoms with Crippen LogP contribution in [0.4, 0.5) is 22.2 Å². The summed E-state index contributed by atoms with van der Waals surface area (Å²) >= 11 is 1.26. The third-order valence-corrected chi connectivity index (χ3v) is 6.48. The number of hydrogen-bond acceptors (Lipinski definition) is 10. The first-order valence-electron chi connectivity index (χ1n) is 10.8. The number of hydrogen-bond donors (Lipinski definition) is 1. The molecule has 11 nitrogen and oxygen atoms in total. The average molecular weight is 517 g/mol. The molecule has 192 valence electrons. The summed E-state index contributed by atoms with van der Waals surface area (Å²) in [5, 5.41) is 29.5. The van der Waals surface area contributed by atoms with Crippen molar-refractivity contribution in [3.63, 3.8) is 0 Å². The van der Waals surface area contributed by atoms with Gasteiger partial charge >= 0.3 is 0 Å². The quantitative estimate of drug-likeness (QED) is 0.269. The first-order valence-corrected chi connectivity index (χ1v) is 11.7. The Kier molecular flexibility index (Phi) is 7.39. The van der Waals surface area contributed by atoms with Crippen LogP contribution in [0.5, 0.6) is 17.2 Å². The normalized spacial score (nSPS) is 11.2. The molecule has 0 saturated heterocycles. The van der Waals surface area contributed by atoms with Crippen molar-refractivity contribution in [2.45, 2.75) is 40.0 Å². The number of nitro benzene ring substituents is 2. The molecule has 0 atom stereocenters. The third-order valence-electron chi connectivity index (χ3n) is 5.73. The largest absolute Gasteiger partial charge is 0.493 e. The highest BCUT2D eigenvalue weighted by molar-refractivity contribution is 7.14. The van der Waals surface area contributed by atoms with Crippen LogP contribution in [0.3, 0.4) is 0 Å². The Hall–Kier alpha value is -3.93. The van der Waals surface area contributed by atoms with Gasteiger partial charge in [0.15, 0.2) is 16.6 Å². The minimum absolute atomic E-state index is 0.0993. The molecule has 1 heterocycles. The lowest BCUT2D eigenvalue weighted by Crippen LogP contribution is -2.19. The molecule has 0 unspecified atom stereocenters. The molecular weight excluding hydrogens is 488 g/mol. The zero-order valence-corrected chi connectivity index (χ0v) is 22.2. The summed E-state index contributed by atoms with van der Waals surface area (Å²) in [5.74, 6) is 1.34. The molecule has 0 aliphatic rings. The van der Waals surface area contributed by atoms with E-state index in [2.05, 4.69) is 10.3 Å². The van der Waals surface area contributed by atoms with Gasteiger partial charge in [-0.3, -0.25) is 20.2 Å². The van der Waals surface area contributed by atoms with Crippen molar-refractivity contribution in [1.29, 1.82) is 0 Å². The van der Waals surface area contributed by atoms with Gasteiger partial charge in [-0.05, 0) is 13.8 Å². The Morgan fingerprint density at radius 2 is 1.42 bits per heavy atom. The lowest BCUT2D eigenvalue weighted by Gasteiger charge is -2.22. The number of nitro groups is 2. The van der Waals surface area contributed by atoms with E-state index in [1.54, 1.807) is 52.1 Å². The molecule has 36 heavy (non-hydrogen) atoms. The van der Waals surface area contributed by atoms with E-state index < -0.39 is 15.3 Å². The number of benzene rings is 2. The van der Waals surface area contributed by atoms with Crippen LogP contribution in [0.15, 0.2) is 17.5 Å². The van der Waals surface area contributed by atoms with Crippen molar-refractivity contribution < 1.29 is 24.1 Å². The first kappa shape index (κ1) is 26.7. The number of rotatable bonds is 8. The fourth-order valence-corrected chi connectivity index (χ4v) is 5.00. The Morgan fingerprint density at radius 1 is 0.917 bits per heavy atom. The van der Waals surface area contributed by atoms with Gasteiger partial charge in [-0.25, -0.2) is 4.98 Å². The Morgan fingerprint density at radius 3 is 1.81 bits per heavy atom. The van der Waals surface area contributed by atoms with E-state index in [0.29, 0.717) is 50.5 Å². The van der Waals surface area contributed by atoms with Crippen molar-refractivity contribution in [2.75, 3.05) is 26.6 Å². The highest BCUT2D eigenvalue weighted by Gasteiger charge is 2.40. The van der Waals surface area contributed by atoms with Gasteiger partial charge in [0.05, 0.1) is 36.9 Å². The maximum absolute atomic E-state index is 12.1. The van der Waals surface area contributed by atoms with Crippen molar-refractivity contribution in [1.82, 2.24) is 4.98 Å². The number of nitrogens with zero attached hydrogens (tertiary/aromatic N) is 3. The number of aromatic nitrogens is 1. The smallest absolute Gasteiger partial charge is 0.283 e. The van der Waals surface area contributed by atoms with E-state index in [1.165, 1.54) is 32.7 Å². The third kappa shape index (κ3) is 4.76. The lowest BCUT2D eigenvalue weighted by molar-refractivity contribution is -0.396. The number of ether oxygens (including phenoxy) is 3. The molecule has 0 aliphatic carbocycles.